The first-order valence-corrected chi connectivity index (χ1v) is 24.1. The number of aromatic hydroxyl groups is 1. The van der Waals surface area contributed by atoms with E-state index in [1.165, 1.54) is 9.91 Å². The summed E-state index contributed by atoms with van der Waals surface area (Å²) in [6, 6.07) is 12.6. The lowest BCUT2D eigenvalue weighted by Gasteiger charge is -2.37. The molecular weight excluding hydrogens is 849 g/mol. The number of likely N-dealkylation sites (tertiary alicyclic amines) is 1. The van der Waals surface area contributed by atoms with Crippen molar-refractivity contribution in [3.05, 3.63) is 71.5 Å². The first-order valence-electron chi connectivity index (χ1n) is 24.1. The number of phenols is 1. The predicted octanol–water partition coefficient (Wildman–Crippen LogP) is 5.42. The highest BCUT2D eigenvalue weighted by molar-refractivity contribution is 5.96. The van der Waals surface area contributed by atoms with E-state index in [-0.39, 0.29) is 67.5 Å². The highest BCUT2D eigenvalue weighted by Crippen LogP contribution is 2.42. The molecule has 4 amide bonds. The molecule has 0 radical (unpaired) electrons. The normalized spacial score (nSPS) is 23.5. The van der Waals surface area contributed by atoms with Gasteiger partial charge in [-0.15, -0.1) is 0 Å². The number of cyclic esters (lactones) is 1. The maximum atomic E-state index is 14.8. The molecule has 0 aliphatic carbocycles. The van der Waals surface area contributed by atoms with Crippen LogP contribution in [0.25, 0.3) is 33.3 Å². The Bertz CT molecular complexity index is 2560. The average molecular weight is 917 g/mol. The van der Waals surface area contributed by atoms with Gasteiger partial charge in [0.2, 0.25) is 17.7 Å². The monoisotopic (exact) mass is 917 g/mol. The molecule has 0 spiro atoms. The Hall–Kier alpha value is -5.80. The lowest BCUT2D eigenvalue weighted by molar-refractivity contribution is -0.155. The van der Waals surface area contributed by atoms with Gasteiger partial charge in [-0.2, -0.15) is 0 Å². The highest BCUT2D eigenvalue weighted by atomic mass is 16.5. The van der Waals surface area contributed by atoms with Gasteiger partial charge in [-0.25, -0.2) is 5.43 Å². The second kappa shape index (κ2) is 19.1. The van der Waals surface area contributed by atoms with Crippen LogP contribution in [0.3, 0.4) is 0 Å². The van der Waals surface area contributed by atoms with E-state index < -0.39 is 47.2 Å². The van der Waals surface area contributed by atoms with Crippen LogP contribution in [0.2, 0.25) is 0 Å². The molecule has 3 saturated heterocycles. The average Bonchev–Trinajstić information content (AvgIpc) is 4.01. The van der Waals surface area contributed by atoms with E-state index in [0.717, 1.165) is 44.5 Å². The van der Waals surface area contributed by atoms with Gasteiger partial charge in [0.15, 0.2) is 0 Å². The van der Waals surface area contributed by atoms with Crippen molar-refractivity contribution in [1.29, 1.82) is 0 Å². The van der Waals surface area contributed by atoms with Crippen LogP contribution in [0, 0.1) is 23.2 Å². The van der Waals surface area contributed by atoms with E-state index in [1.807, 2.05) is 45.2 Å². The number of rotatable bonds is 9. The van der Waals surface area contributed by atoms with Crippen LogP contribution < -0.4 is 16.1 Å². The van der Waals surface area contributed by atoms with Crippen molar-refractivity contribution in [2.45, 2.75) is 118 Å². The maximum absolute atomic E-state index is 14.8. The molecule has 3 fully saturated rings. The molecule has 6 heterocycles. The Balaban J connectivity index is 1.18. The first kappa shape index (κ1) is 47.7. The topological polar surface area (TPSA) is 188 Å². The lowest BCUT2D eigenvalue weighted by Crippen LogP contribution is -2.62. The molecule has 4 aromatic rings. The summed E-state index contributed by atoms with van der Waals surface area (Å²) in [7, 11) is 1.61. The van der Waals surface area contributed by atoms with Crippen molar-refractivity contribution in [3.8, 4) is 28.1 Å². The largest absolute Gasteiger partial charge is 0.508 e. The van der Waals surface area contributed by atoms with E-state index in [2.05, 4.69) is 73.4 Å². The number of benzene rings is 2. The van der Waals surface area contributed by atoms with Gasteiger partial charge in [-0.1, -0.05) is 60.6 Å². The number of phenolic OH excluding ortho intramolecular Hbond substituents is 1. The van der Waals surface area contributed by atoms with Crippen LogP contribution in [0.4, 0.5) is 0 Å². The summed E-state index contributed by atoms with van der Waals surface area (Å²) >= 11 is 0. The van der Waals surface area contributed by atoms with E-state index in [9.17, 15) is 29.1 Å². The Kier molecular flexibility index (Phi) is 13.6. The number of nitrogens with one attached hydrogen (secondary N) is 3. The molecule has 15 nitrogen and oxygen atoms in total. The molecule has 4 N–H and O–H groups in total. The molecule has 4 aliphatic heterocycles. The van der Waals surface area contributed by atoms with Crippen LogP contribution in [0.5, 0.6) is 5.75 Å². The molecule has 2 aromatic carbocycles. The fraction of sp³-hybridized carbons (Fsp3) is 0.538. The fourth-order valence-electron chi connectivity index (χ4n) is 10.6. The van der Waals surface area contributed by atoms with Crippen LogP contribution in [0.1, 0.15) is 91.0 Å². The van der Waals surface area contributed by atoms with Gasteiger partial charge in [0, 0.05) is 74.3 Å². The Morgan fingerprint density at radius 3 is 2.51 bits per heavy atom. The van der Waals surface area contributed by atoms with Crippen molar-refractivity contribution in [2.75, 3.05) is 39.8 Å². The Labute approximate surface area is 394 Å². The zero-order valence-corrected chi connectivity index (χ0v) is 40.5. The second-order valence-electron chi connectivity index (χ2n) is 20.7. The van der Waals surface area contributed by atoms with Crippen LogP contribution in [-0.2, 0) is 48.1 Å². The van der Waals surface area contributed by atoms with Gasteiger partial charge in [0.05, 0.1) is 30.0 Å². The van der Waals surface area contributed by atoms with E-state index in [0.29, 0.717) is 44.5 Å². The quantitative estimate of drug-likeness (QED) is 0.125. The molecule has 15 heteroatoms. The number of hydrazine groups is 1. The van der Waals surface area contributed by atoms with Gasteiger partial charge < -0.3 is 34.8 Å². The standard InChI is InChI=1S/C52H68N8O7/c1-10-59-43-16-15-33-23-37(43)38(46(59)36-13-11-17-53-44(36)29(2)3)24-52(7,8)28-67-51(66)40-14-12-18-60(56-40)50(65)41(21-32-19-34(33)22-35(61)20-32)55-47(62)45(30(4)5)57(9)48(63)39-27-58(26-31(39)6)49(64)42-25-54-42/h11,13,15-17,19-20,22-23,29-31,39-42,45,54,56,61H,10,12,14,18,21,24-28H2,1-9H3,(H,55,62)/t31-,39+,40-,41-,42+,45-/m0/s1. The third kappa shape index (κ3) is 9.81. The molecule has 6 atom stereocenters. The number of hydrogen-bond acceptors (Lipinski definition) is 10. The minimum absolute atomic E-state index is 0.00426. The molecule has 8 rings (SSSR count). The molecular formula is C52H68N8O7. The number of likely N-dealkylation sites (N-methyl/N-ethyl adjacent to an activating group) is 1. The number of nitrogens with zero attached hydrogens (tertiary/aromatic N) is 5. The van der Waals surface area contributed by atoms with Crippen molar-refractivity contribution in [3.63, 3.8) is 0 Å². The van der Waals surface area contributed by atoms with Gasteiger partial charge in [-0.3, -0.25) is 34.0 Å². The second-order valence-corrected chi connectivity index (χ2v) is 20.7. The van der Waals surface area contributed by atoms with E-state index >= 15 is 0 Å². The number of aromatic nitrogens is 2. The summed E-state index contributed by atoms with van der Waals surface area (Å²) in [4.78, 5) is 78.5. The molecule has 0 saturated carbocycles. The van der Waals surface area contributed by atoms with Crippen LogP contribution >= 0.6 is 0 Å². The summed E-state index contributed by atoms with van der Waals surface area (Å²) < 4.78 is 8.46. The molecule has 4 aliphatic rings. The highest BCUT2D eigenvalue weighted by Gasteiger charge is 2.45. The number of amides is 4. The summed E-state index contributed by atoms with van der Waals surface area (Å²) in [5.41, 5.74) is 10.1. The minimum atomic E-state index is -1.15. The van der Waals surface area contributed by atoms with Crippen molar-refractivity contribution in [2.24, 2.45) is 23.2 Å². The van der Waals surface area contributed by atoms with E-state index in [1.54, 1.807) is 24.1 Å². The van der Waals surface area contributed by atoms with E-state index in [4.69, 9.17) is 9.72 Å². The predicted molar refractivity (Wildman–Crippen MR) is 256 cm³/mol. The van der Waals surface area contributed by atoms with Crippen molar-refractivity contribution < 1.29 is 33.8 Å². The first-order chi connectivity index (χ1) is 31.8. The number of carbonyl (C=O) groups excluding carboxylic acids is 5. The third-order valence-electron chi connectivity index (χ3n) is 14.1. The summed E-state index contributed by atoms with van der Waals surface area (Å²) in [6.45, 7) is 18.8. The molecule has 2 aromatic heterocycles. The number of ether oxygens (including phenoxy) is 1. The number of aryl methyl sites for hydroxylation is 1. The van der Waals surface area contributed by atoms with Crippen molar-refractivity contribution >= 4 is 40.5 Å². The lowest BCUT2D eigenvalue weighted by atomic mass is 9.83. The SMILES string of the molecule is CCn1c(-c2cccnc2C(C)C)c2c3cc(ccc31)-c1cc(O)cc(c1)C[C@H](NC(=O)[C@H](C(C)C)N(C)C(=O)[C@@H]1CN(C(=O)[C@H]3CN3)C[C@@H]1C)C(=O)N1CCC[C@H](N1)C(=O)OCC(C)(C)C2. The molecule has 67 heavy (non-hydrogen) atoms. The number of fused-ring (bicyclic) bond motifs is 6. The zero-order chi connectivity index (χ0) is 48.1. The number of carbonyl (C=O) groups is 5. The Morgan fingerprint density at radius 2 is 1.81 bits per heavy atom. The van der Waals surface area contributed by atoms with Crippen molar-refractivity contribution in [1.82, 2.24) is 40.4 Å². The number of pyridine rings is 1. The minimum Gasteiger partial charge on any atom is -0.508 e. The Morgan fingerprint density at radius 1 is 1.04 bits per heavy atom. The third-order valence-corrected chi connectivity index (χ3v) is 14.1. The van der Waals surface area contributed by atoms with Gasteiger partial charge in [0.25, 0.3) is 5.91 Å². The summed E-state index contributed by atoms with van der Waals surface area (Å²) in [5, 5.41) is 19.9. The van der Waals surface area contributed by atoms with Crippen LogP contribution in [-0.4, -0.2) is 123 Å². The number of hydrogen-bond donors (Lipinski definition) is 4. The zero-order valence-electron chi connectivity index (χ0n) is 40.5. The fourth-order valence-corrected chi connectivity index (χ4v) is 10.6. The summed E-state index contributed by atoms with van der Waals surface area (Å²) in [5.74, 6) is -2.44. The smallest absolute Gasteiger partial charge is 0.324 e. The van der Waals surface area contributed by atoms with Gasteiger partial charge in [0.1, 0.15) is 23.9 Å². The summed E-state index contributed by atoms with van der Waals surface area (Å²) in [6.07, 6.45) is 3.39. The maximum Gasteiger partial charge on any atom is 0.324 e. The van der Waals surface area contributed by atoms with Gasteiger partial charge in [-0.05, 0) is 103 Å². The molecule has 0 unspecified atom stereocenters. The number of esters is 1. The van der Waals surface area contributed by atoms with Crippen LogP contribution in [0.15, 0.2) is 54.7 Å². The molecule has 358 valence electrons. The molecule has 6 bridgehead atoms. The van der Waals surface area contributed by atoms with Gasteiger partial charge >= 0.3 is 5.97 Å².